The molecule has 0 bridgehead atoms. The average Bonchev–Trinajstić information content (AvgIpc) is 2.96. The number of carbonyl (C=O) groups excluding carboxylic acids is 1. The normalized spacial score (nSPS) is 10.9. The number of Topliss-reactive ketones (excluding diaryl/α,β-unsaturated/α-hetero) is 1. The smallest absolute Gasteiger partial charge is 0.174 e. The van der Waals surface area contributed by atoms with Gasteiger partial charge in [-0.1, -0.05) is 18.2 Å². The molecule has 5 nitrogen and oxygen atoms in total. The van der Waals surface area contributed by atoms with Crippen LogP contribution in [0.25, 0.3) is 11.0 Å². The molecular weight excluding hydrogens is 230 g/mol. The number of carbonyl (C=O) groups is 1. The molecule has 1 aromatic carbocycles. The molecule has 18 heavy (non-hydrogen) atoms. The summed E-state index contributed by atoms with van der Waals surface area (Å²) < 4.78 is 6.95. The van der Waals surface area contributed by atoms with E-state index >= 15 is 0 Å². The fourth-order valence-electron chi connectivity index (χ4n) is 1.91. The minimum absolute atomic E-state index is 0.0175. The van der Waals surface area contributed by atoms with E-state index in [9.17, 15) is 4.79 Å². The molecule has 0 radical (unpaired) electrons. The van der Waals surface area contributed by atoms with Gasteiger partial charge < -0.3 is 4.42 Å². The van der Waals surface area contributed by atoms with Crippen molar-refractivity contribution in [3.63, 3.8) is 0 Å². The first-order chi connectivity index (χ1) is 8.75. The zero-order valence-electron chi connectivity index (χ0n) is 9.83. The largest absolute Gasteiger partial charge is 0.464 e. The first-order valence-electron chi connectivity index (χ1n) is 5.58. The number of aromatic nitrogens is 3. The van der Waals surface area contributed by atoms with Gasteiger partial charge in [0.15, 0.2) is 5.78 Å². The Bertz CT molecular complexity index is 712. The van der Waals surface area contributed by atoms with E-state index < -0.39 is 0 Å². The molecule has 0 fully saturated rings. The van der Waals surface area contributed by atoms with E-state index in [2.05, 4.69) is 10.1 Å². The van der Waals surface area contributed by atoms with Crippen molar-refractivity contribution in [2.45, 2.75) is 6.42 Å². The molecule has 90 valence electrons. The number of benzene rings is 1. The van der Waals surface area contributed by atoms with Crippen LogP contribution in [0.1, 0.15) is 16.2 Å². The number of rotatable bonds is 3. The number of furan rings is 1. The van der Waals surface area contributed by atoms with E-state index in [0.29, 0.717) is 11.4 Å². The number of aryl methyl sites for hydroxylation is 1. The predicted molar refractivity (Wildman–Crippen MR) is 65.3 cm³/mol. The van der Waals surface area contributed by atoms with Crippen molar-refractivity contribution < 1.29 is 9.21 Å². The summed E-state index contributed by atoms with van der Waals surface area (Å²) in [5.74, 6) is 0.626. The predicted octanol–water partition coefficient (Wildman–Crippen LogP) is 1.99. The lowest BCUT2D eigenvalue weighted by molar-refractivity contribution is 0.0990. The number of hydrogen-bond donors (Lipinski definition) is 0. The van der Waals surface area contributed by atoms with Crippen LogP contribution in [-0.2, 0) is 13.5 Å². The van der Waals surface area contributed by atoms with Crippen LogP contribution in [0.3, 0.4) is 0 Å². The Morgan fingerprint density at radius 2 is 2.22 bits per heavy atom. The molecule has 5 heteroatoms. The summed E-state index contributed by atoms with van der Waals surface area (Å²) in [6.07, 6.45) is 3.17. The number of para-hydroxylation sites is 1. The lowest BCUT2D eigenvalue weighted by Crippen LogP contribution is -2.08. The van der Waals surface area contributed by atoms with E-state index in [0.717, 1.165) is 11.0 Å². The SMILES string of the molecule is Cn1ncnc1CC(=O)c1coc2ccccc12. The Labute approximate surface area is 103 Å². The third-order valence-corrected chi connectivity index (χ3v) is 2.91. The van der Waals surface area contributed by atoms with Crippen molar-refractivity contribution in [1.82, 2.24) is 14.8 Å². The van der Waals surface area contributed by atoms with E-state index in [1.165, 1.54) is 12.6 Å². The van der Waals surface area contributed by atoms with Gasteiger partial charge in [-0.2, -0.15) is 5.10 Å². The van der Waals surface area contributed by atoms with E-state index in [4.69, 9.17) is 4.42 Å². The highest BCUT2D eigenvalue weighted by Gasteiger charge is 2.15. The molecule has 2 aromatic heterocycles. The van der Waals surface area contributed by atoms with Crippen LogP contribution in [0.4, 0.5) is 0 Å². The first-order valence-corrected chi connectivity index (χ1v) is 5.58. The molecule has 0 aliphatic carbocycles. The summed E-state index contributed by atoms with van der Waals surface area (Å²) in [6, 6.07) is 7.48. The molecular formula is C13H11N3O2. The van der Waals surface area contributed by atoms with Crippen molar-refractivity contribution in [1.29, 1.82) is 0 Å². The van der Waals surface area contributed by atoms with Crippen LogP contribution in [-0.4, -0.2) is 20.5 Å². The van der Waals surface area contributed by atoms with Gasteiger partial charge in [0, 0.05) is 12.4 Å². The van der Waals surface area contributed by atoms with Crippen LogP contribution in [0.15, 0.2) is 41.3 Å². The van der Waals surface area contributed by atoms with Gasteiger partial charge in [0.2, 0.25) is 0 Å². The summed E-state index contributed by atoms with van der Waals surface area (Å²) >= 11 is 0. The average molecular weight is 241 g/mol. The Kier molecular flexibility index (Phi) is 2.44. The van der Waals surface area contributed by atoms with Crippen molar-refractivity contribution in [2.75, 3.05) is 0 Å². The molecule has 0 saturated carbocycles. The number of fused-ring (bicyclic) bond motifs is 1. The summed E-state index contributed by atoms with van der Waals surface area (Å²) in [7, 11) is 1.77. The molecule has 0 N–H and O–H groups in total. The van der Waals surface area contributed by atoms with Gasteiger partial charge in [0.25, 0.3) is 0 Å². The maximum atomic E-state index is 12.2. The molecule has 3 aromatic rings. The molecule has 0 amide bonds. The maximum absolute atomic E-state index is 12.2. The van der Waals surface area contributed by atoms with Crippen LogP contribution in [0.2, 0.25) is 0 Å². The van der Waals surface area contributed by atoms with Crippen LogP contribution in [0, 0.1) is 0 Å². The molecule has 3 rings (SSSR count). The van der Waals surface area contributed by atoms with Gasteiger partial charge in [-0.15, -0.1) is 0 Å². The molecule has 0 saturated heterocycles. The lowest BCUT2D eigenvalue weighted by atomic mass is 10.1. The van der Waals surface area contributed by atoms with Gasteiger partial charge in [-0.3, -0.25) is 9.48 Å². The zero-order valence-corrected chi connectivity index (χ0v) is 9.83. The number of nitrogens with zero attached hydrogens (tertiary/aromatic N) is 3. The van der Waals surface area contributed by atoms with Gasteiger partial charge in [-0.05, 0) is 6.07 Å². The van der Waals surface area contributed by atoms with Gasteiger partial charge >= 0.3 is 0 Å². The molecule has 0 unspecified atom stereocenters. The lowest BCUT2D eigenvalue weighted by Gasteiger charge is -1.98. The maximum Gasteiger partial charge on any atom is 0.174 e. The van der Waals surface area contributed by atoms with Crippen molar-refractivity contribution in [2.24, 2.45) is 7.05 Å². The summed E-state index contributed by atoms with van der Waals surface area (Å²) in [5.41, 5.74) is 1.31. The Morgan fingerprint density at radius 1 is 1.39 bits per heavy atom. The molecule has 2 heterocycles. The molecule has 0 spiro atoms. The highest BCUT2D eigenvalue weighted by Crippen LogP contribution is 2.21. The fourth-order valence-corrected chi connectivity index (χ4v) is 1.91. The van der Waals surface area contributed by atoms with Crippen LogP contribution < -0.4 is 0 Å². The molecule has 0 atom stereocenters. The Morgan fingerprint density at radius 3 is 3.00 bits per heavy atom. The number of ketones is 1. The van der Waals surface area contributed by atoms with Gasteiger partial charge in [0.1, 0.15) is 24.0 Å². The number of hydrogen-bond acceptors (Lipinski definition) is 4. The van der Waals surface area contributed by atoms with Crippen molar-refractivity contribution in [3.05, 3.63) is 48.2 Å². The van der Waals surface area contributed by atoms with Crippen LogP contribution >= 0.6 is 0 Å². The minimum Gasteiger partial charge on any atom is -0.464 e. The second kappa shape index (κ2) is 4.10. The van der Waals surface area contributed by atoms with E-state index in [1.54, 1.807) is 11.7 Å². The molecule has 0 aliphatic heterocycles. The minimum atomic E-state index is -0.0175. The third-order valence-electron chi connectivity index (χ3n) is 2.91. The fraction of sp³-hybridized carbons (Fsp3) is 0.154. The highest BCUT2D eigenvalue weighted by atomic mass is 16.3. The van der Waals surface area contributed by atoms with E-state index in [-0.39, 0.29) is 12.2 Å². The van der Waals surface area contributed by atoms with Gasteiger partial charge in [-0.25, -0.2) is 4.98 Å². The highest BCUT2D eigenvalue weighted by molar-refractivity contribution is 6.07. The summed E-state index contributed by atoms with van der Waals surface area (Å²) in [4.78, 5) is 16.2. The zero-order chi connectivity index (χ0) is 12.5. The van der Waals surface area contributed by atoms with E-state index in [1.807, 2.05) is 24.3 Å². The van der Waals surface area contributed by atoms with Crippen molar-refractivity contribution in [3.8, 4) is 0 Å². The monoisotopic (exact) mass is 241 g/mol. The summed E-state index contributed by atoms with van der Waals surface area (Å²) in [5, 5.41) is 4.78. The van der Waals surface area contributed by atoms with Gasteiger partial charge in [0.05, 0.1) is 12.0 Å². The first kappa shape index (κ1) is 10.7. The quantitative estimate of drug-likeness (QED) is 0.658. The standard InChI is InChI=1S/C13H11N3O2/c1-16-13(14-8-15-16)6-11(17)10-7-18-12-5-3-2-4-9(10)12/h2-5,7-8H,6H2,1H3. The van der Waals surface area contributed by atoms with Crippen molar-refractivity contribution >= 4 is 16.8 Å². The van der Waals surface area contributed by atoms with Crippen LogP contribution in [0.5, 0.6) is 0 Å². The molecule has 0 aliphatic rings. The topological polar surface area (TPSA) is 60.9 Å². The second-order valence-corrected chi connectivity index (χ2v) is 4.05. The Balaban J connectivity index is 1.95. The third kappa shape index (κ3) is 1.69. The second-order valence-electron chi connectivity index (χ2n) is 4.05. The Hall–Kier alpha value is -2.43. The summed E-state index contributed by atoms with van der Waals surface area (Å²) in [6.45, 7) is 0.